The molecule has 2 rings (SSSR count). The molecule has 1 fully saturated rings. The SMILES string of the molecule is O=C(O)c1ccc(SCC2CCOC2)o1. The first-order chi connectivity index (χ1) is 7.25. The minimum atomic E-state index is -1.02. The van der Waals surface area contributed by atoms with E-state index in [4.69, 9.17) is 14.3 Å². The summed E-state index contributed by atoms with van der Waals surface area (Å²) in [6.45, 7) is 1.64. The molecule has 1 N–H and O–H groups in total. The van der Waals surface area contributed by atoms with E-state index < -0.39 is 5.97 Å². The monoisotopic (exact) mass is 228 g/mol. The Labute approximate surface area is 91.6 Å². The molecule has 2 heterocycles. The van der Waals surface area contributed by atoms with Crippen molar-refractivity contribution in [3.8, 4) is 0 Å². The zero-order chi connectivity index (χ0) is 10.7. The number of carboxylic acid groups (broad SMARTS) is 1. The highest BCUT2D eigenvalue weighted by Gasteiger charge is 2.17. The molecule has 0 radical (unpaired) electrons. The summed E-state index contributed by atoms with van der Waals surface area (Å²) in [6, 6.07) is 3.18. The van der Waals surface area contributed by atoms with Crippen LogP contribution < -0.4 is 0 Å². The van der Waals surface area contributed by atoms with Crippen LogP contribution in [0.5, 0.6) is 0 Å². The third-order valence-electron chi connectivity index (χ3n) is 2.28. The van der Waals surface area contributed by atoms with E-state index in [-0.39, 0.29) is 5.76 Å². The maximum atomic E-state index is 10.6. The number of hydrogen-bond donors (Lipinski definition) is 1. The molecule has 1 atom stereocenters. The molecule has 1 aliphatic heterocycles. The van der Waals surface area contributed by atoms with Gasteiger partial charge in [0.15, 0.2) is 5.09 Å². The van der Waals surface area contributed by atoms with Crippen molar-refractivity contribution in [3.05, 3.63) is 17.9 Å². The summed E-state index contributed by atoms with van der Waals surface area (Å²) in [5, 5.41) is 9.32. The minimum Gasteiger partial charge on any atom is -0.475 e. The predicted molar refractivity (Wildman–Crippen MR) is 55.3 cm³/mol. The van der Waals surface area contributed by atoms with E-state index in [1.54, 1.807) is 17.8 Å². The molecule has 4 nitrogen and oxygen atoms in total. The van der Waals surface area contributed by atoms with E-state index in [2.05, 4.69) is 0 Å². The van der Waals surface area contributed by atoms with Gasteiger partial charge in [0, 0.05) is 12.4 Å². The first-order valence-corrected chi connectivity index (χ1v) is 5.78. The predicted octanol–water partition coefficient (Wildman–Crippen LogP) is 2.11. The summed E-state index contributed by atoms with van der Waals surface area (Å²) >= 11 is 1.55. The average Bonchev–Trinajstić information content (AvgIpc) is 2.86. The van der Waals surface area contributed by atoms with Crippen LogP contribution in [0.15, 0.2) is 21.6 Å². The molecule has 1 aliphatic rings. The molecule has 0 aromatic carbocycles. The zero-order valence-electron chi connectivity index (χ0n) is 8.14. The summed E-state index contributed by atoms with van der Waals surface area (Å²) in [6.07, 6.45) is 1.08. The number of ether oxygens (including phenoxy) is 1. The van der Waals surface area contributed by atoms with E-state index in [1.807, 2.05) is 0 Å². The molecule has 0 spiro atoms. The molecule has 1 unspecified atom stereocenters. The summed E-state index contributed by atoms with van der Waals surface area (Å²) in [7, 11) is 0. The molecule has 0 aliphatic carbocycles. The van der Waals surface area contributed by atoms with Crippen LogP contribution in [0.2, 0.25) is 0 Å². The fourth-order valence-electron chi connectivity index (χ4n) is 1.43. The maximum absolute atomic E-state index is 10.6. The molecule has 1 saturated heterocycles. The highest BCUT2D eigenvalue weighted by Crippen LogP contribution is 2.26. The van der Waals surface area contributed by atoms with Crippen LogP contribution in [-0.4, -0.2) is 30.0 Å². The number of thioether (sulfide) groups is 1. The van der Waals surface area contributed by atoms with Crippen LogP contribution in [0, 0.1) is 5.92 Å². The summed E-state index contributed by atoms with van der Waals surface area (Å²) < 4.78 is 10.4. The number of furan rings is 1. The van der Waals surface area contributed by atoms with Crippen molar-refractivity contribution in [2.24, 2.45) is 5.92 Å². The van der Waals surface area contributed by atoms with E-state index >= 15 is 0 Å². The number of aromatic carboxylic acids is 1. The fourth-order valence-corrected chi connectivity index (χ4v) is 2.40. The largest absolute Gasteiger partial charge is 0.475 e. The Hall–Kier alpha value is -0.940. The molecule has 82 valence electrons. The lowest BCUT2D eigenvalue weighted by Gasteiger charge is -2.03. The Balaban J connectivity index is 1.84. The topological polar surface area (TPSA) is 59.7 Å². The highest BCUT2D eigenvalue weighted by atomic mass is 32.2. The summed E-state index contributed by atoms with van der Waals surface area (Å²) in [5.41, 5.74) is 0. The van der Waals surface area contributed by atoms with Gasteiger partial charge in [0.1, 0.15) is 0 Å². The van der Waals surface area contributed by atoms with Crippen molar-refractivity contribution in [2.75, 3.05) is 19.0 Å². The molecular weight excluding hydrogens is 216 g/mol. The lowest BCUT2D eigenvalue weighted by atomic mass is 10.2. The van der Waals surface area contributed by atoms with Crippen LogP contribution >= 0.6 is 11.8 Å². The second-order valence-electron chi connectivity index (χ2n) is 3.46. The van der Waals surface area contributed by atoms with Crippen LogP contribution in [0.3, 0.4) is 0 Å². The highest BCUT2D eigenvalue weighted by molar-refractivity contribution is 7.99. The number of carboxylic acids is 1. The molecule has 0 bridgehead atoms. The van der Waals surface area contributed by atoms with Gasteiger partial charge >= 0.3 is 5.97 Å². The van der Waals surface area contributed by atoms with Crippen LogP contribution in [-0.2, 0) is 4.74 Å². The standard InChI is InChI=1S/C10H12O4S/c11-10(12)8-1-2-9(14-8)15-6-7-3-4-13-5-7/h1-2,7H,3-6H2,(H,11,12). The fraction of sp³-hybridized carbons (Fsp3) is 0.500. The first kappa shape index (κ1) is 10.6. The minimum absolute atomic E-state index is 0.000159. The second kappa shape index (κ2) is 4.72. The van der Waals surface area contributed by atoms with Gasteiger partial charge in [-0.05, 0) is 24.5 Å². The van der Waals surface area contributed by atoms with E-state index in [0.29, 0.717) is 11.0 Å². The van der Waals surface area contributed by atoms with Crippen LogP contribution in [0.4, 0.5) is 0 Å². The van der Waals surface area contributed by atoms with E-state index in [9.17, 15) is 4.79 Å². The van der Waals surface area contributed by atoms with Gasteiger partial charge in [-0.1, -0.05) is 11.8 Å². The molecular formula is C10H12O4S. The summed E-state index contributed by atoms with van der Waals surface area (Å²) in [4.78, 5) is 10.6. The molecule has 1 aromatic rings. The lowest BCUT2D eigenvalue weighted by molar-refractivity contribution is 0.0656. The van der Waals surface area contributed by atoms with Crippen LogP contribution in [0.25, 0.3) is 0 Å². The molecule has 1 aromatic heterocycles. The lowest BCUT2D eigenvalue weighted by Crippen LogP contribution is -2.01. The number of rotatable bonds is 4. The molecule has 5 heteroatoms. The molecule has 15 heavy (non-hydrogen) atoms. The van der Waals surface area contributed by atoms with Gasteiger partial charge in [-0.2, -0.15) is 0 Å². The zero-order valence-corrected chi connectivity index (χ0v) is 8.96. The molecule has 0 saturated carbocycles. The number of hydrogen-bond acceptors (Lipinski definition) is 4. The van der Waals surface area contributed by atoms with Gasteiger partial charge in [-0.15, -0.1) is 0 Å². The van der Waals surface area contributed by atoms with Crippen molar-refractivity contribution >= 4 is 17.7 Å². The van der Waals surface area contributed by atoms with Gasteiger partial charge in [0.25, 0.3) is 0 Å². The Morgan fingerprint density at radius 1 is 1.60 bits per heavy atom. The normalized spacial score (nSPS) is 20.7. The van der Waals surface area contributed by atoms with Crippen LogP contribution in [0.1, 0.15) is 17.0 Å². The van der Waals surface area contributed by atoms with Crippen molar-refractivity contribution in [1.29, 1.82) is 0 Å². The maximum Gasteiger partial charge on any atom is 0.371 e. The van der Waals surface area contributed by atoms with E-state index in [1.165, 1.54) is 6.07 Å². The molecule has 0 amide bonds. The van der Waals surface area contributed by atoms with Crippen molar-refractivity contribution in [1.82, 2.24) is 0 Å². The van der Waals surface area contributed by atoms with Crippen molar-refractivity contribution in [3.63, 3.8) is 0 Å². The van der Waals surface area contributed by atoms with Gasteiger partial charge in [0.05, 0.1) is 6.61 Å². The smallest absolute Gasteiger partial charge is 0.371 e. The van der Waals surface area contributed by atoms with Gasteiger partial charge in [-0.3, -0.25) is 0 Å². The Bertz CT molecular complexity index is 341. The number of carbonyl (C=O) groups is 1. The second-order valence-corrected chi connectivity index (χ2v) is 4.49. The quantitative estimate of drug-likeness (QED) is 0.800. The third-order valence-corrected chi connectivity index (χ3v) is 3.42. The van der Waals surface area contributed by atoms with E-state index in [0.717, 1.165) is 25.4 Å². The Kier molecular flexibility index (Phi) is 3.33. The van der Waals surface area contributed by atoms with Crippen molar-refractivity contribution < 1.29 is 19.1 Å². The third kappa shape index (κ3) is 2.76. The van der Waals surface area contributed by atoms with Crippen molar-refractivity contribution in [2.45, 2.75) is 11.5 Å². The Morgan fingerprint density at radius 2 is 2.47 bits per heavy atom. The Morgan fingerprint density at radius 3 is 3.07 bits per heavy atom. The van der Waals surface area contributed by atoms with Gasteiger partial charge in [0.2, 0.25) is 5.76 Å². The first-order valence-electron chi connectivity index (χ1n) is 4.79. The van der Waals surface area contributed by atoms with Gasteiger partial charge in [-0.25, -0.2) is 4.79 Å². The average molecular weight is 228 g/mol. The summed E-state index contributed by atoms with van der Waals surface area (Å²) in [5.74, 6) is 0.464. The van der Waals surface area contributed by atoms with Gasteiger partial charge < -0.3 is 14.3 Å².